The van der Waals surface area contributed by atoms with Crippen molar-refractivity contribution in [3.8, 4) is 5.75 Å². The van der Waals surface area contributed by atoms with Crippen LogP contribution in [0, 0.1) is 6.92 Å². The average Bonchev–Trinajstić information content (AvgIpc) is 2.83. The molecule has 1 aromatic carbocycles. The standard InChI is InChI=1S/C14H13NO3/c1-10-4-6-12(13(16)9-10)15-14(17)7-5-11-3-2-8-18-11/h2-9,16H,1H3,(H,15,17). The zero-order valence-electron chi connectivity index (χ0n) is 9.88. The van der Waals surface area contributed by atoms with Gasteiger partial charge in [0.1, 0.15) is 11.5 Å². The summed E-state index contributed by atoms with van der Waals surface area (Å²) in [5, 5.41) is 12.2. The molecule has 0 aliphatic rings. The Morgan fingerprint density at radius 3 is 2.89 bits per heavy atom. The lowest BCUT2D eigenvalue weighted by atomic mass is 10.2. The lowest BCUT2D eigenvalue weighted by molar-refractivity contribution is -0.111. The van der Waals surface area contributed by atoms with E-state index in [1.807, 2.05) is 13.0 Å². The number of anilines is 1. The van der Waals surface area contributed by atoms with Gasteiger partial charge in [0.05, 0.1) is 12.0 Å². The van der Waals surface area contributed by atoms with E-state index in [2.05, 4.69) is 5.32 Å². The van der Waals surface area contributed by atoms with Crippen molar-refractivity contribution in [2.75, 3.05) is 5.32 Å². The molecule has 0 spiro atoms. The van der Waals surface area contributed by atoms with Gasteiger partial charge in [0, 0.05) is 6.08 Å². The van der Waals surface area contributed by atoms with Crippen LogP contribution in [0.4, 0.5) is 5.69 Å². The summed E-state index contributed by atoms with van der Waals surface area (Å²) in [6.07, 6.45) is 4.43. The Bertz CT molecular complexity index is 571. The summed E-state index contributed by atoms with van der Waals surface area (Å²) in [7, 11) is 0. The summed E-state index contributed by atoms with van der Waals surface area (Å²) in [6.45, 7) is 1.86. The van der Waals surface area contributed by atoms with Crippen LogP contribution in [-0.2, 0) is 4.79 Å². The summed E-state index contributed by atoms with van der Waals surface area (Å²) >= 11 is 0. The number of hydrogen-bond donors (Lipinski definition) is 2. The van der Waals surface area contributed by atoms with Gasteiger partial charge in [-0.3, -0.25) is 4.79 Å². The molecule has 0 aliphatic carbocycles. The zero-order chi connectivity index (χ0) is 13.0. The van der Waals surface area contributed by atoms with Crippen molar-refractivity contribution >= 4 is 17.7 Å². The molecule has 0 bridgehead atoms. The van der Waals surface area contributed by atoms with Crippen LogP contribution in [0.15, 0.2) is 47.1 Å². The minimum Gasteiger partial charge on any atom is -0.506 e. The highest BCUT2D eigenvalue weighted by molar-refractivity contribution is 6.02. The van der Waals surface area contributed by atoms with Gasteiger partial charge in [0.25, 0.3) is 0 Å². The smallest absolute Gasteiger partial charge is 0.248 e. The number of aromatic hydroxyl groups is 1. The van der Waals surface area contributed by atoms with Crippen molar-refractivity contribution in [1.29, 1.82) is 0 Å². The molecule has 2 rings (SSSR count). The molecule has 2 aromatic rings. The Labute approximate surface area is 105 Å². The quantitative estimate of drug-likeness (QED) is 0.643. The van der Waals surface area contributed by atoms with Gasteiger partial charge in [-0.05, 0) is 42.8 Å². The number of nitrogens with one attached hydrogen (secondary N) is 1. The van der Waals surface area contributed by atoms with Crippen LogP contribution in [0.2, 0.25) is 0 Å². The normalized spacial score (nSPS) is 10.7. The molecule has 0 saturated heterocycles. The topological polar surface area (TPSA) is 62.5 Å². The monoisotopic (exact) mass is 243 g/mol. The first-order valence-corrected chi connectivity index (χ1v) is 5.47. The Morgan fingerprint density at radius 2 is 2.22 bits per heavy atom. The van der Waals surface area contributed by atoms with E-state index in [0.29, 0.717) is 11.4 Å². The van der Waals surface area contributed by atoms with Gasteiger partial charge < -0.3 is 14.8 Å². The van der Waals surface area contributed by atoms with Crippen molar-refractivity contribution in [3.63, 3.8) is 0 Å². The van der Waals surface area contributed by atoms with Crippen molar-refractivity contribution in [1.82, 2.24) is 0 Å². The molecule has 0 aliphatic heterocycles. The second-order valence-corrected chi connectivity index (χ2v) is 3.86. The lowest BCUT2D eigenvalue weighted by Gasteiger charge is -2.05. The highest BCUT2D eigenvalue weighted by Crippen LogP contribution is 2.23. The van der Waals surface area contributed by atoms with Gasteiger partial charge in [-0.15, -0.1) is 0 Å². The number of benzene rings is 1. The molecule has 92 valence electrons. The first kappa shape index (κ1) is 12.0. The highest BCUT2D eigenvalue weighted by Gasteiger charge is 2.03. The summed E-state index contributed by atoms with van der Waals surface area (Å²) in [4.78, 5) is 11.6. The third kappa shape index (κ3) is 3.01. The molecule has 1 aromatic heterocycles. The van der Waals surface area contributed by atoms with Crippen LogP contribution in [0.25, 0.3) is 6.08 Å². The van der Waals surface area contributed by atoms with E-state index in [1.54, 1.807) is 30.3 Å². The second-order valence-electron chi connectivity index (χ2n) is 3.86. The summed E-state index contributed by atoms with van der Waals surface area (Å²) in [6, 6.07) is 8.54. The Morgan fingerprint density at radius 1 is 1.39 bits per heavy atom. The molecule has 0 fully saturated rings. The van der Waals surface area contributed by atoms with Gasteiger partial charge in [0.15, 0.2) is 0 Å². The molecule has 0 atom stereocenters. The van der Waals surface area contributed by atoms with E-state index < -0.39 is 0 Å². The van der Waals surface area contributed by atoms with Crippen molar-refractivity contribution < 1.29 is 14.3 Å². The molecule has 0 saturated carbocycles. The van der Waals surface area contributed by atoms with Crippen LogP contribution >= 0.6 is 0 Å². The molecule has 4 heteroatoms. The Hall–Kier alpha value is -2.49. The third-order valence-electron chi connectivity index (χ3n) is 2.35. The number of carbonyl (C=O) groups is 1. The number of amides is 1. The Kier molecular flexibility index (Phi) is 3.48. The van der Waals surface area contributed by atoms with Gasteiger partial charge in [-0.1, -0.05) is 6.07 Å². The van der Waals surface area contributed by atoms with Gasteiger partial charge in [-0.2, -0.15) is 0 Å². The Balaban J connectivity index is 2.03. The first-order chi connectivity index (χ1) is 8.65. The van der Waals surface area contributed by atoms with Gasteiger partial charge >= 0.3 is 0 Å². The van der Waals surface area contributed by atoms with E-state index >= 15 is 0 Å². The van der Waals surface area contributed by atoms with E-state index in [9.17, 15) is 9.90 Å². The van der Waals surface area contributed by atoms with E-state index in [-0.39, 0.29) is 11.7 Å². The fourth-order valence-corrected chi connectivity index (χ4v) is 1.47. The molecule has 2 N–H and O–H groups in total. The van der Waals surface area contributed by atoms with Crippen LogP contribution in [0.3, 0.4) is 0 Å². The number of hydrogen-bond acceptors (Lipinski definition) is 3. The van der Waals surface area contributed by atoms with E-state index in [4.69, 9.17) is 4.42 Å². The summed E-state index contributed by atoms with van der Waals surface area (Å²) in [5.74, 6) is 0.318. The number of furan rings is 1. The van der Waals surface area contributed by atoms with Crippen LogP contribution in [0.5, 0.6) is 5.75 Å². The third-order valence-corrected chi connectivity index (χ3v) is 2.35. The minimum atomic E-state index is -0.328. The van der Waals surface area contributed by atoms with Crippen LogP contribution in [-0.4, -0.2) is 11.0 Å². The minimum absolute atomic E-state index is 0.0507. The second kappa shape index (κ2) is 5.23. The van der Waals surface area contributed by atoms with E-state index in [0.717, 1.165) is 5.56 Å². The largest absolute Gasteiger partial charge is 0.506 e. The molecule has 18 heavy (non-hydrogen) atoms. The molecular formula is C14H13NO3. The first-order valence-electron chi connectivity index (χ1n) is 5.47. The van der Waals surface area contributed by atoms with Crippen LogP contribution < -0.4 is 5.32 Å². The molecule has 1 amide bonds. The summed E-state index contributed by atoms with van der Waals surface area (Å²) in [5.41, 5.74) is 1.31. The van der Waals surface area contributed by atoms with E-state index in [1.165, 1.54) is 12.3 Å². The number of rotatable bonds is 3. The SMILES string of the molecule is Cc1ccc(NC(=O)C=Cc2ccco2)c(O)c1. The van der Waals surface area contributed by atoms with Crippen LogP contribution in [0.1, 0.15) is 11.3 Å². The number of aryl methyl sites for hydroxylation is 1. The van der Waals surface area contributed by atoms with Crippen molar-refractivity contribution in [3.05, 3.63) is 54.0 Å². The summed E-state index contributed by atoms with van der Waals surface area (Å²) < 4.78 is 5.06. The lowest BCUT2D eigenvalue weighted by Crippen LogP contribution is -2.07. The zero-order valence-corrected chi connectivity index (χ0v) is 9.88. The molecule has 4 nitrogen and oxygen atoms in total. The number of phenolic OH excluding ortho intramolecular Hbond substituents is 1. The fourth-order valence-electron chi connectivity index (χ4n) is 1.47. The maximum absolute atomic E-state index is 11.6. The molecule has 1 heterocycles. The molecule has 0 radical (unpaired) electrons. The average molecular weight is 243 g/mol. The highest BCUT2D eigenvalue weighted by atomic mass is 16.3. The van der Waals surface area contributed by atoms with Gasteiger partial charge in [-0.25, -0.2) is 0 Å². The van der Waals surface area contributed by atoms with Crippen molar-refractivity contribution in [2.24, 2.45) is 0 Å². The predicted molar refractivity (Wildman–Crippen MR) is 69.2 cm³/mol. The fraction of sp³-hybridized carbons (Fsp3) is 0.0714. The van der Waals surface area contributed by atoms with Crippen molar-refractivity contribution in [2.45, 2.75) is 6.92 Å². The maximum atomic E-state index is 11.6. The maximum Gasteiger partial charge on any atom is 0.248 e. The van der Waals surface area contributed by atoms with Gasteiger partial charge in [0.2, 0.25) is 5.91 Å². The number of carbonyl (C=O) groups excluding carboxylic acids is 1. The number of phenols is 1. The molecular weight excluding hydrogens is 230 g/mol. The predicted octanol–water partition coefficient (Wildman–Crippen LogP) is 2.95. The molecule has 0 unspecified atom stereocenters.